The number of benzene rings is 1. The molecule has 0 aliphatic rings. The van der Waals surface area contributed by atoms with Crippen molar-refractivity contribution in [2.24, 2.45) is 13.0 Å². The van der Waals surface area contributed by atoms with Crippen molar-refractivity contribution >= 4 is 6.03 Å². The van der Waals surface area contributed by atoms with Crippen LogP contribution in [0.2, 0.25) is 0 Å². The second-order valence-electron chi connectivity index (χ2n) is 7.44. The van der Waals surface area contributed by atoms with E-state index in [0.29, 0.717) is 25.6 Å². The number of rotatable bonds is 8. The molecule has 3 rings (SSSR count). The lowest BCUT2D eigenvalue weighted by Crippen LogP contribution is -2.43. The van der Waals surface area contributed by atoms with Gasteiger partial charge in [-0.3, -0.25) is 9.36 Å². The zero-order valence-corrected chi connectivity index (χ0v) is 16.7. The minimum absolute atomic E-state index is 0.0847. The maximum atomic E-state index is 13.2. The summed E-state index contributed by atoms with van der Waals surface area (Å²) in [7, 11) is 1.88. The van der Waals surface area contributed by atoms with Crippen LogP contribution in [0.1, 0.15) is 31.0 Å². The van der Waals surface area contributed by atoms with Crippen LogP contribution in [0.4, 0.5) is 4.79 Å². The van der Waals surface area contributed by atoms with E-state index in [1.807, 2.05) is 65.4 Å². The van der Waals surface area contributed by atoms with E-state index in [2.05, 4.69) is 29.4 Å². The summed E-state index contributed by atoms with van der Waals surface area (Å²) in [6.45, 7) is 6.00. The van der Waals surface area contributed by atoms with E-state index in [-0.39, 0.29) is 12.1 Å². The van der Waals surface area contributed by atoms with E-state index >= 15 is 0 Å². The molecule has 0 aliphatic heterocycles. The quantitative estimate of drug-likeness (QED) is 0.652. The van der Waals surface area contributed by atoms with E-state index < -0.39 is 0 Å². The van der Waals surface area contributed by atoms with Crippen molar-refractivity contribution in [3.8, 4) is 0 Å². The van der Waals surface area contributed by atoms with Gasteiger partial charge in [0, 0.05) is 37.7 Å². The number of carbonyl (C=O) groups is 1. The molecule has 1 N–H and O–H groups in total. The lowest BCUT2D eigenvalue weighted by atomic mass is 10.1. The number of aryl methyl sites for hydroxylation is 1. The fourth-order valence-corrected chi connectivity index (χ4v) is 3.19. The van der Waals surface area contributed by atoms with Gasteiger partial charge in [-0.15, -0.1) is 0 Å². The number of aromatic nitrogens is 4. The highest BCUT2D eigenvalue weighted by Crippen LogP contribution is 2.16. The van der Waals surface area contributed by atoms with Crippen molar-refractivity contribution in [2.75, 3.05) is 6.54 Å². The number of nitrogens with one attached hydrogen (secondary N) is 1. The van der Waals surface area contributed by atoms with Gasteiger partial charge in [0.15, 0.2) is 0 Å². The highest BCUT2D eigenvalue weighted by Gasteiger charge is 2.21. The first-order valence-electron chi connectivity index (χ1n) is 9.56. The number of urea groups is 1. The molecule has 0 bridgehead atoms. The van der Waals surface area contributed by atoms with Gasteiger partial charge in [-0.05, 0) is 17.5 Å². The lowest BCUT2D eigenvalue weighted by Gasteiger charge is -2.28. The van der Waals surface area contributed by atoms with Crippen molar-refractivity contribution in [3.05, 3.63) is 72.3 Å². The topological polar surface area (TPSA) is 68.0 Å². The number of hydrogen-bond donors (Lipinski definition) is 1. The Hall–Kier alpha value is -3.09. The maximum absolute atomic E-state index is 13.2. The number of amides is 2. The van der Waals surface area contributed by atoms with Crippen molar-refractivity contribution in [3.63, 3.8) is 0 Å². The van der Waals surface area contributed by atoms with Crippen LogP contribution in [0, 0.1) is 5.92 Å². The standard InChI is InChI=1S/C21H28N6O/c1-17(2)13-26(15-18-12-23-25(3)14-18)21(28)24-20(16-27-11-7-10-22-27)19-8-5-4-6-9-19/h4-12,14,17,20H,13,15-16H2,1-3H3,(H,24,28)/t20-/m1/s1. The molecule has 2 aromatic heterocycles. The summed E-state index contributed by atoms with van der Waals surface area (Å²) in [5, 5.41) is 11.7. The molecule has 0 saturated heterocycles. The highest BCUT2D eigenvalue weighted by atomic mass is 16.2. The third-order valence-electron chi connectivity index (χ3n) is 4.43. The molecule has 7 nitrogen and oxygen atoms in total. The molecule has 2 heterocycles. The van der Waals surface area contributed by atoms with Crippen LogP contribution >= 0.6 is 0 Å². The van der Waals surface area contributed by atoms with Gasteiger partial charge >= 0.3 is 6.03 Å². The lowest BCUT2D eigenvalue weighted by molar-refractivity contribution is 0.182. The van der Waals surface area contributed by atoms with Crippen LogP contribution in [0.3, 0.4) is 0 Å². The summed E-state index contributed by atoms with van der Waals surface area (Å²) in [5.74, 6) is 0.365. The molecule has 0 aliphatic carbocycles. The van der Waals surface area contributed by atoms with Crippen LogP contribution < -0.4 is 5.32 Å². The highest BCUT2D eigenvalue weighted by molar-refractivity contribution is 5.74. The Labute approximate surface area is 166 Å². The minimum Gasteiger partial charge on any atom is -0.329 e. The van der Waals surface area contributed by atoms with Crippen molar-refractivity contribution in [2.45, 2.75) is 33.0 Å². The van der Waals surface area contributed by atoms with Gasteiger partial charge in [-0.2, -0.15) is 10.2 Å². The molecule has 0 unspecified atom stereocenters. The Kier molecular flexibility index (Phi) is 6.47. The van der Waals surface area contributed by atoms with Gasteiger partial charge in [-0.25, -0.2) is 4.79 Å². The normalized spacial score (nSPS) is 12.1. The first-order chi connectivity index (χ1) is 13.5. The molecule has 0 saturated carbocycles. The predicted octanol–water partition coefficient (Wildman–Crippen LogP) is 3.23. The van der Waals surface area contributed by atoms with E-state index in [9.17, 15) is 4.79 Å². The second-order valence-corrected chi connectivity index (χ2v) is 7.44. The van der Waals surface area contributed by atoms with Crippen molar-refractivity contribution in [1.82, 2.24) is 29.8 Å². The van der Waals surface area contributed by atoms with Gasteiger partial charge in [0.1, 0.15) is 0 Å². The fraction of sp³-hybridized carbons (Fsp3) is 0.381. The SMILES string of the molecule is CC(C)CN(Cc1cnn(C)c1)C(=O)N[C@H](Cn1cccn1)c1ccccc1. The minimum atomic E-state index is -0.169. The Morgan fingerprint density at radius 2 is 1.96 bits per heavy atom. The third-order valence-corrected chi connectivity index (χ3v) is 4.43. The van der Waals surface area contributed by atoms with E-state index in [4.69, 9.17) is 0 Å². The molecule has 2 amide bonds. The molecular formula is C21H28N6O. The molecule has 0 spiro atoms. The fourth-order valence-electron chi connectivity index (χ4n) is 3.19. The summed E-state index contributed by atoms with van der Waals surface area (Å²) in [4.78, 5) is 15.0. The summed E-state index contributed by atoms with van der Waals surface area (Å²) >= 11 is 0. The molecule has 0 radical (unpaired) electrons. The van der Waals surface area contributed by atoms with E-state index in [0.717, 1.165) is 11.1 Å². The zero-order valence-electron chi connectivity index (χ0n) is 16.7. The zero-order chi connectivity index (χ0) is 19.9. The Bertz CT molecular complexity index is 856. The molecular weight excluding hydrogens is 352 g/mol. The summed E-state index contributed by atoms with van der Waals surface area (Å²) in [5.41, 5.74) is 2.07. The first-order valence-corrected chi connectivity index (χ1v) is 9.56. The van der Waals surface area contributed by atoms with Gasteiger partial charge in [-0.1, -0.05) is 44.2 Å². The van der Waals surface area contributed by atoms with Gasteiger partial charge < -0.3 is 10.2 Å². The van der Waals surface area contributed by atoms with Crippen LogP contribution in [0.15, 0.2) is 61.2 Å². The second kappa shape index (κ2) is 9.21. The molecule has 7 heteroatoms. The van der Waals surface area contributed by atoms with Gasteiger partial charge in [0.05, 0.1) is 25.3 Å². The molecule has 1 aromatic carbocycles. The van der Waals surface area contributed by atoms with Crippen LogP contribution in [-0.2, 0) is 20.1 Å². The Balaban J connectivity index is 1.76. The number of hydrogen-bond acceptors (Lipinski definition) is 3. The Morgan fingerprint density at radius 3 is 2.57 bits per heavy atom. The van der Waals surface area contributed by atoms with Crippen molar-refractivity contribution in [1.29, 1.82) is 0 Å². The third kappa shape index (κ3) is 5.45. The molecule has 1 atom stereocenters. The average Bonchev–Trinajstić information content (AvgIpc) is 3.32. The number of nitrogens with zero attached hydrogens (tertiary/aromatic N) is 5. The maximum Gasteiger partial charge on any atom is 0.318 e. The van der Waals surface area contributed by atoms with E-state index in [1.54, 1.807) is 17.1 Å². The molecule has 28 heavy (non-hydrogen) atoms. The number of carbonyl (C=O) groups excluding carboxylic acids is 1. The summed E-state index contributed by atoms with van der Waals surface area (Å²) < 4.78 is 3.59. The summed E-state index contributed by atoms with van der Waals surface area (Å²) in [6, 6.07) is 11.6. The monoisotopic (exact) mass is 380 g/mol. The van der Waals surface area contributed by atoms with E-state index in [1.165, 1.54) is 0 Å². The van der Waals surface area contributed by atoms with Crippen molar-refractivity contribution < 1.29 is 4.79 Å². The molecule has 3 aromatic rings. The van der Waals surface area contributed by atoms with Crippen LogP contribution in [-0.4, -0.2) is 37.0 Å². The van der Waals surface area contributed by atoms with Crippen LogP contribution in [0.5, 0.6) is 0 Å². The first kappa shape index (κ1) is 19.7. The molecule has 0 fully saturated rings. The molecule has 148 valence electrons. The predicted molar refractivity (Wildman–Crippen MR) is 108 cm³/mol. The van der Waals surface area contributed by atoms with Gasteiger partial charge in [0.2, 0.25) is 0 Å². The average molecular weight is 380 g/mol. The summed E-state index contributed by atoms with van der Waals surface area (Å²) in [6.07, 6.45) is 7.40. The Morgan fingerprint density at radius 1 is 1.18 bits per heavy atom. The largest absolute Gasteiger partial charge is 0.329 e. The van der Waals surface area contributed by atoms with Gasteiger partial charge in [0.25, 0.3) is 0 Å². The smallest absolute Gasteiger partial charge is 0.318 e. The van der Waals surface area contributed by atoms with Crippen LogP contribution in [0.25, 0.3) is 0 Å².